The molecule has 3 rings (SSSR count). The van der Waals surface area contributed by atoms with E-state index in [0.29, 0.717) is 16.3 Å². The van der Waals surface area contributed by atoms with Crippen LogP contribution >= 0.6 is 11.6 Å². The minimum atomic E-state index is -0.227. The van der Waals surface area contributed by atoms with Crippen molar-refractivity contribution in [2.75, 3.05) is 18.4 Å². The molecule has 2 aromatic carbocycles. The summed E-state index contributed by atoms with van der Waals surface area (Å²) in [5.74, 6) is -0.166. The molecule has 0 bridgehead atoms. The number of halogens is 1. The molecule has 4 nitrogen and oxygen atoms in total. The SMILES string of the molecule is O=C(/C=C/c1ccc(Cl)cc1)Nc1ccc(C(=O)N2CCCCC2)cc1. The van der Waals surface area contributed by atoms with Crippen LogP contribution in [0.5, 0.6) is 0 Å². The van der Waals surface area contributed by atoms with Gasteiger partial charge in [-0.25, -0.2) is 0 Å². The van der Waals surface area contributed by atoms with Gasteiger partial charge < -0.3 is 10.2 Å². The number of hydrogen-bond donors (Lipinski definition) is 1. The van der Waals surface area contributed by atoms with Crippen LogP contribution in [-0.4, -0.2) is 29.8 Å². The Morgan fingerprint density at radius 2 is 1.58 bits per heavy atom. The lowest BCUT2D eigenvalue weighted by Crippen LogP contribution is -2.35. The highest BCUT2D eigenvalue weighted by atomic mass is 35.5. The van der Waals surface area contributed by atoms with Gasteiger partial charge in [0.2, 0.25) is 5.91 Å². The van der Waals surface area contributed by atoms with E-state index < -0.39 is 0 Å². The number of amides is 2. The maximum atomic E-state index is 12.4. The van der Waals surface area contributed by atoms with Crippen LogP contribution in [0.15, 0.2) is 54.6 Å². The summed E-state index contributed by atoms with van der Waals surface area (Å²) >= 11 is 5.84. The molecule has 0 unspecified atom stereocenters. The highest BCUT2D eigenvalue weighted by Crippen LogP contribution is 2.16. The average Bonchev–Trinajstić information content (AvgIpc) is 2.68. The summed E-state index contributed by atoms with van der Waals surface area (Å²) in [7, 11) is 0. The molecule has 1 N–H and O–H groups in total. The van der Waals surface area contributed by atoms with Gasteiger partial charge in [-0.3, -0.25) is 9.59 Å². The van der Waals surface area contributed by atoms with Gasteiger partial charge in [0, 0.05) is 35.4 Å². The first kappa shape index (κ1) is 18.2. The Labute approximate surface area is 158 Å². The fourth-order valence-electron chi connectivity index (χ4n) is 2.91. The van der Waals surface area contributed by atoms with Gasteiger partial charge >= 0.3 is 0 Å². The van der Waals surface area contributed by atoms with Gasteiger partial charge in [0.1, 0.15) is 0 Å². The van der Waals surface area contributed by atoms with Crippen molar-refractivity contribution < 1.29 is 9.59 Å². The molecule has 1 saturated heterocycles. The van der Waals surface area contributed by atoms with Crippen LogP contribution in [0.25, 0.3) is 6.08 Å². The number of nitrogens with zero attached hydrogens (tertiary/aromatic N) is 1. The Hall–Kier alpha value is -2.59. The summed E-state index contributed by atoms with van der Waals surface area (Å²) in [6.45, 7) is 1.65. The summed E-state index contributed by atoms with van der Waals surface area (Å²) in [6, 6.07) is 14.3. The lowest BCUT2D eigenvalue weighted by molar-refractivity contribution is -0.111. The van der Waals surface area contributed by atoms with Gasteiger partial charge in [0.25, 0.3) is 5.91 Å². The zero-order valence-electron chi connectivity index (χ0n) is 14.5. The van der Waals surface area contributed by atoms with E-state index in [4.69, 9.17) is 11.6 Å². The summed E-state index contributed by atoms with van der Waals surface area (Å²) in [6.07, 6.45) is 6.52. The molecule has 1 aliphatic heterocycles. The van der Waals surface area contributed by atoms with Crippen LogP contribution in [0.4, 0.5) is 5.69 Å². The second kappa shape index (κ2) is 8.68. The third kappa shape index (κ3) is 4.96. The second-order valence-corrected chi connectivity index (χ2v) is 6.74. The first-order valence-electron chi connectivity index (χ1n) is 8.76. The highest BCUT2D eigenvalue weighted by Gasteiger charge is 2.17. The van der Waals surface area contributed by atoms with Crippen molar-refractivity contribution in [1.82, 2.24) is 4.90 Å². The molecule has 1 aliphatic rings. The first-order chi connectivity index (χ1) is 12.6. The Bertz CT molecular complexity index is 792. The van der Waals surface area contributed by atoms with E-state index in [1.54, 1.807) is 42.5 Å². The fourth-order valence-corrected chi connectivity index (χ4v) is 3.03. The maximum absolute atomic E-state index is 12.4. The number of anilines is 1. The van der Waals surface area contributed by atoms with E-state index in [2.05, 4.69) is 5.32 Å². The molecule has 0 atom stereocenters. The number of carbonyl (C=O) groups is 2. The summed E-state index contributed by atoms with van der Waals surface area (Å²) in [5.41, 5.74) is 2.21. The molecule has 0 radical (unpaired) electrons. The summed E-state index contributed by atoms with van der Waals surface area (Å²) < 4.78 is 0. The van der Waals surface area contributed by atoms with Gasteiger partial charge in [0.05, 0.1) is 0 Å². The second-order valence-electron chi connectivity index (χ2n) is 6.30. The van der Waals surface area contributed by atoms with Gasteiger partial charge in [-0.15, -0.1) is 0 Å². The number of benzene rings is 2. The van der Waals surface area contributed by atoms with Crippen molar-refractivity contribution in [3.8, 4) is 0 Å². The van der Waals surface area contributed by atoms with E-state index >= 15 is 0 Å². The minimum absolute atomic E-state index is 0.0604. The molecular formula is C21H21ClN2O2. The first-order valence-corrected chi connectivity index (χ1v) is 9.13. The van der Waals surface area contributed by atoms with Crippen LogP contribution in [0.3, 0.4) is 0 Å². The van der Waals surface area contributed by atoms with Crippen LogP contribution in [0.2, 0.25) is 5.02 Å². The smallest absolute Gasteiger partial charge is 0.253 e. The number of likely N-dealkylation sites (tertiary alicyclic amines) is 1. The van der Waals surface area contributed by atoms with E-state index in [1.165, 1.54) is 12.5 Å². The number of rotatable bonds is 4. The van der Waals surface area contributed by atoms with Crippen LogP contribution in [0, 0.1) is 0 Å². The van der Waals surface area contributed by atoms with E-state index in [-0.39, 0.29) is 11.8 Å². The number of nitrogens with one attached hydrogen (secondary N) is 1. The number of hydrogen-bond acceptors (Lipinski definition) is 2. The van der Waals surface area contributed by atoms with Crippen LogP contribution in [-0.2, 0) is 4.79 Å². The molecule has 0 saturated carbocycles. The Balaban J connectivity index is 1.57. The number of carbonyl (C=O) groups excluding carboxylic acids is 2. The third-order valence-electron chi connectivity index (χ3n) is 4.34. The van der Waals surface area contributed by atoms with Gasteiger partial charge in [0.15, 0.2) is 0 Å². The number of piperidine rings is 1. The van der Waals surface area contributed by atoms with Gasteiger partial charge in [-0.2, -0.15) is 0 Å². The Morgan fingerprint density at radius 3 is 2.23 bits per heavy atom. The zero-order chi connectivity index (χ0) is 18.4. The molecule has 134 valence electrons. The molecule has 2 amide bonds. The minimum Gasteiger partial charge on any atom is -0.339 e. The topological polar surface area (TPSA) is 49.4 Å². The van der Waals surface area contributed by atoms with Gasteiger partial charge in [-0.05, 0) is 67.3 Å². The molecule has 0 aliphatic carbocycles. The lowest BCUT2D eigenvalue weighted by atomic mass is 10.1. The van der Waals surface area contributed by atoms with Gasteiger partial charge in [-0.1, -0.05) is 23.7 Å². The molecule has 2 aromatic rings. The normalized spacial score (nSPS) is 14.4. The molecule has 1 fully saturated rings. The Morgan fingerprint density at radius 1 is 0.923 bits per heavy atom. The molecular weight excluding hydrogens is 348 g/mol. The summed E-state index contributed by atoms with van der Waals surface area (Å²) in [5, 5.41) is 3.45. The van der Waals surface area contributed by atoms with Crippen LogP contribution in [0.1, 0.15) is 35.2 Å². The van der Waals surface area contributed by atoms with Crippen molar-refractivity contribution in [1.29, 1.82) is 0 Å². The third-order valence-corrected chi connectivity index (χ3v) is 4.59. The lowest BCUT2D eigenvalue weighted by Gasteiger charge is -2.26. The molecule has 0 aromatic heterocycles. The predicted molar refractivity (Wildman–Crippen MR) is 105 cm³/mol. The van der Waals surface area contributed by atoms with E-state index in [0.717, 1.165) is 31.5 Å². The highest BCUT2D eigenvalue weighted by molar-refractivity contribution is 6.30. The maximum Gasteiger partial charge on any atom is 0.253 e. The molecule has 26 heavy (non-hydrogen) atoms. The molecule has 1 heterocycles. The van der Waals surface area contributed by atoms with Crippen molar-refractivity contribution in [3.63, 3.8) is 0 Å². The predicted octanol–water partition coefficient (Wildman–Crippen LogP) is 4.62. The fraction of sp³-hybridized carbons (Fsp3) is 0.238. The standard InChI is InChI=1S/C21H21ClN2O2/c22-18-9-4-16(5-10-18)6-13-20(25)23-19-11-7-17(8-12-19)21(26)24-14-2-1-3-15-24/h4-13H,1-3,14-15H2,(H,23,25)/b13-6+. The molecule has 0 spiro atoms. The molecule has 5 heteroatoms. The van der Waals surface area contributed by atoms with Crippen LogP contribution < -0.4 is 5.32 Å². The summed E-state index contributed by atoms with van der Waals surface area (Å²) in [4.78, 5) is 26.3. The quantitative estimate of drug-likeness (QED) is 0.800. The Kier molecular flexibility index (Phi) is 6.08. The monoisotopic (exact) mass is 368 g/mol. The largest absolute Gasteiger partial charge is 0.339 e. The van der Waals surface area contributed by atoms with Crippen molar-refractivity contribution >= 4 is 35.2 Å². The van der Waals surface area contributed by atoms with E-state index in [1.807, 2.05) is 17.0 Å². The average molecular weight is 369 g/mol. The van der Waals surface area contributed by atoms with Crippen molar-refractivity contribution in [3.05, 3.63) is 70.8 Å². The van der Waals surface area contributed by atoms with Crippen molar-refractivity contribution in [2.45, 2.75) is 19.3 Å². The van der Waals surface area contributed by atoms with E-state index in [9.17, 15) is 9.59 Å². The zero-order valence-corrected chi connectivity index (χ0v) is 15.2. The van der Waals surface area contributed by atoms with Crippen molar-refractivity contribution in [2.24, 2.45) is 0 Å².